The molecule has 0 aromatic rings. The Balaban J connectivity index is 2.88. The summed E-state index contributed by atoms with van der Waals surface area (Å²) in [6.07, 6.45) is -5.54. The summed E-state index contributed by atoms with van der Waals surface area (Å²) in [5, 5.41) is 55.9. The van der Waals surface area contributed by atoms with Crippen LogP contribution in [0.15, 0.2) is 0 Å². The van der Waals surface area contributed by atoms with Crippen LogP contribution in [0.4, 0.5) is 0 Å². The predicted molar refractivity (Wildman–Crippen MR) is 48.2 cm³/mol. The lowest BCUT2D eigenvalue weighted by Gasteiger charge is -2.34. The maximum absolute atomic E-state index is 9.48. The van der Waals surface area contributed by atoms with E-state index in [4.69, 9.17) is 10.2 Å². The lowest BCUT2D eigenvalue weighted by molar-refractivity contribution is -0.965. The van der Waals surface area contributed by atoms with Crippen LogP contribution in [0.3, 0.4) is 0 Å². The van der Waals surface area contributed by atoms with Crippen molar-refractivity contribution < 1.29 is 35.1 Å². The second kappa shape index (κ2) is 4.71. The zero-order valence-electron chi connectivity index (χ0n) is 8.27. The minimum Gasteiger partial charge on any atom is -0.387 e. The summed E-state index contributed by atoms with van der Waals surface area (Å²) in [5.74, 6) is 0. The number of likely N-dealkylation sites (tertiary alicyclic amines) is 1. The van der Waals surface area contributed by atoms with Crippen LogP contribution in [0.1, 0.15) is 0 Å². The monoisotopic (exact) mass is 224 g/mol. The smallest absolute Gasteiger partial charge is 0.182 e. The highest BCUT2D eigenvalue weighted by Gasteiger charge is 2.44. The number of hydrogen-bond donors (Lipinski definition) is 6. The molecule has 1 heterocycles. The van der Waals surface area contributed by atoms with Gasteiger partial charge in [0.2, 0.25) is 0 Å². The second-order valence-electron chi connectivity index (χ2n) is 4.11. The van der Waals surface area contributed by atoms with Gasteiger partial charge >= 0.3 is 0 Å². The van der Waals surface area contributed by atoms with Crippen molar-refractivity contribution in [1.82, 2.24) is 0 Å². The Morgan fingerprint density at radius 2 is 1.13 bits per heavy atom. The summed E-state index contributed by atoms with van der Waals surface area (Å²) < 4.78 is -0.365. The van der Waals surface area contributed by atoms with Crippen molar-refractivity contribution in [1.29, 1.82) is 0 Å². The van der Waals surface area contributed by atoms with Crippen molar-refractivity contribution in [3.8, 4) is 0 Å². The van der Waals surface area contributed by atoms with Gasteiger partial charge in [-0.15, -0.1) is 0 Å². The van der Waals surface area contributed by atoms with Crippen molar-refractivity contribution in [2.24, 2.45) is 0 Å². The molecule has 0 radical (unpaired) electrons. The Kier molecular flexibility index (Phi) is 4.01. The normalized spacial score (nSPS) is 41.2. The molecule has 4 unspecified atom stereocenters. The molecule has 4 atom stereocenters. The minimum atomic E-state index is -1.47. The van der Waals surface area contributed by atoms with E-state index in [0.29, 0.717) is 0 Å². The Morgan fingerprint density at radius 3 is 1.40 bits per heavy atom. The predicted octanol–water partition coefficient (Wildman–Crippen LogP) is -3.84. The molecule has 0 aromatic heterocycles. The first-order chi connectivity index (χ1) is 6.95. The third-order valence-corrected chi connectivity index (χ3v) is 2.89. The van der Waals surface area contributed by atoms with Gasteiger partial charge in [0.05, 0.1) is 0 Å². The third kappa shape index (κ3) is 2.45. The molecule has 0 saturated carbocycles. The number of nitrogens with zero attached hydrogens (tertiary/aromatic N) is 1. The molecule has 0 spiro atoms. The lowest BCUT2D eigenvalue weighted by atomic mass is 10.1. The van der Waals surface area contributed by atoms with E-state index in [-0.39, 0.29) is 17.6 Å². The molecule has 1 saturated heterocycles. The van der Waals surface area contributed by atoms with Crippen molar-refractivity contribution >= 4 is 0 Å². The summed E-state index contributed by atoms with van der Waals surface area (Å²) in [6, 6.07) is 0. The molecule has 0 bridgehead atoms. The van der Waals surface area contributed by atoms with Gasteiger partial charge in [-0.3, -0.25) is 4.48 Å². The van der Waals surface area contributed by atoms with Crippen molar-refractivity contribution in [3.63, 3.8) is 0 Å². The van der Waals surface area contributed by atoms with E-state index < -0.39 is 37.9 Å². The van der Waals surface area contributed by atoms with Crippen LogP contribution in [-0.2, 0) is 0 Å². The van der Waals surface area contributed by atoms with Gasteiger partial charge in [-0.2, -0.15) is 0 Å². The Bertz CT molecular complexity index is 191. The van der Waals surface area contributed by atoms with Gasteiger partial charge in [0.15, 0.2) is 13.5 Å². The van der Waals surface area contributed by atoms with E-state index in [0.717, 1.165) is 0 Å². The van der Waals surface area contributed by atoms with E-state index in [1.54, 1.807) is 0 Å². The molecule has 0 aromatic carbocycles. The van der Waals surface area contributed by atoms with Crippen molar-refractivity contribution in [2.45, 2.75) is 24.4 Å². The standard InChI is InChI=1S/C8H18NO6/c10-3-9(4-11)1-5(12)7(14)8(15)6(13)2-9/h5-8,10-15H,1-4H2/q+1. The summed E-state index contributed by atoms with van der Waals surface area (Å²) in [5.41, 5.74) is 0. The Hall–Kier alpha value is -0.280. The van der Waals surface area contributed by atoms with Gasteiger partial charge in [0, 0.05) is 0 Å². The molecule has 6 N–H and O–H groups in total. The van der Waals surface area contributed by atoms with Gasteiger partial charge in [-0.1, -0.05) is 0 Å². The fourth-order valence-electron chi connectivity index (χ4n) is 1.82. The lowest BCUT2D eigenvalue weighted by Crippen LogP contribution is -2.55. The first kappa shape index (κ1) is 12.8. The summed E-state index contributed by atoms with van der Waals surface area (Å²) in [7, 11) is 0. The topological polar surface area (TPSA) is 121 Å². The molecule has 1 rings (SSSR count). The van der Waals surface area contributed by atoms with Crippen LogP contribution in [-0.4, -0.2) is 86.1 Å². The average Bonchev–Trinajstić information content (AvgIpc) is 2.31. The van der Waals surface area contributed by atoms with Gasteiger partial charge in [0.25, 0.3) is 0 Å². The molecule has 15 heavy (non-hydrogen) atoms. The maximum atomic E-state index is 9.48. The molecule has 0 amide bonds. The summed E-state index contributed by atoms with van der Waals surface area (Å²) in [6.45, 7) is -1.21. The van der Waals surface area contributed by atoms with Crippen molar-refractivity contribution in [2.75, 3.05) is 26.6 Å². The Labute approximate surface area is 87.0 Å². The molecular weight excluding hydrogens is 206 g/mol. The molecule has 90 valence electrons. The molecule has 7 nitrogen and oxygen atoms in total. The van der Waals surface area contributed by atoms with E-state index in [2.05, 4.69) is 0 Å². The van der Waals surface area contributed by atoms with E-state index >= 15 is 0 Å². The van der Waals surface area contributed by atoms with Crippen LogP contribution in [0.25, 0.3) is 0 Å². The highest BCUT2D eigenvalue weighted by Crippen LogP contribution is 2.19. The first-order valence-corrected chi connectivity index (χ1v) is 4.75. The SMILES string of the molecule is OC[N+]1(CO)CC(O)C(O)C(O)C(O)C1. The van der Waals surface area contributed by atoms with E-state index in [9.17, 15) is 20.4 Å². The largest absolute Gasteiger partial charge is 0.387 e. The molecular formula is C8H18NO6+. The molecule has 1 aliphatic heterocycles. The fraction of sp³-hybridized carbons (Fsp3) is 1.00. The molecule has 1 fully saturated rings. The first-order valence-electron chi connectivity index (χ1n) is 4.75. The number of hydrogen-bond acceptors (Lipinski definition) is 6. The summed E-state index contributed by atoms with van der Waals surface area (Å²) in [4.78, 5) is 0. The molecule has 7 heteroatoms. The van der Waals surface area contributed by atoms with Crippen LogP contribution < -0.4 is 0 Å². The van der Waals surface area contributed by atoms with Gasteiger partial charge in [0.1, 0.15) is 37.5 Å². The highest BCUT2D eigenvalue weighted by molar-refractivity contribution is 4.83. The molecule has 0 aliphatic carbocycles. The maximum Gasteiger partial charge on any atom is 0.182 e. The number of aliphatic hydroxyl groups excluding tert-OH is 6. The second-order valence-corrected chi connectivity index (χ2v) is 4.11. The number of aliphatic hydroxyl groups is 6. The number of rotatable bonds is 2. The zero-order valence-corrected chi connectivity index (χ0v) is 8.27. The highest BCUT2D eigenvalue weighted by atomic mass is 16.4. The van der Waals surface area contributed by atoms with E-state index in [1.165, 1.54) is 0 Å². The number of quaternary nitrogens is 1. The average molecular weight is 224 g/mol. The Morgan fingerprint density at radius 1 is 0.800 bits per heavy atom. The van der Waals surface area contributed by atoms with Crippen LogP contribution in [0, 0.1) is 0 Å². The third-order valence-electron chi connectivity index (χ3n) is 2.89. The van der Waals surface area contributed by atoms with Crippen molar-refractivity contribution in [3.05, 3.63) is 0 Å². The summed E-state index contributed by atoms with van der Waals surface area (Å²) >= 11 is 0. The molecule has 1 aliphatic rings. The van der Waals surface area contributed by atoms with Gasteiger partial charge in [-0.25, -0.2) is 0 Å². The van der Waals surface area contributed by atoms with E-state index in [1.807, 2.05) is 0 Å². The van der Waals surface area contributed by atoms with Crippen LogP contribution >= 0.6 is 0 Å². The zero-order chi connectivity index (χ0) is 11.6. The quantitative estimate of drug-likeness (QED) is 0.267. The van der Waals surface area contributed by atoms with Gasteiger partial charge in [-0.05, 0) is 0 Å². The van der Waals surface area contributed by atoms with Crippen LogP contribution in [0.2, 0.25) is 0 Å². The fourth-order valence-corrected chi connectivity index (χ4v) is 1.82. The van der Waals surface area contributed by atoms with Gasteiger partial charge < -0.3 is 30.6 Å². The minimum absolute atomic E-state index is 0.123. The van der Waals surface area contributed by atoms with Crippen LogP contribution in [0.5, 0.6) is 0 Å².